The first-order chi connectivity index (χ1) is 18.2. The molecule has 0 amide bonds. The normalized spacial score (nSPS) is 13.5. The fraction of sp³-hybridized carbons (Fsp3) is 0.0882. The number of ether oxygens (including phenoxy) is 2. The molecule has 5 aromatic rings. The zero-order chi connectivity index (χ0) is 25.1. The Kier molecular flexibility index (Phi) is 4.64. The molecule has 0 radical (unpaired) electrons. The van der Waals surface area contributed by atoms with E-state index in [-0.39, 0.29) is 5.97 Å². The highest BCUT2D eigenvalue weighted by Gasteiger charge is 2.52. The lowest BCUT2D eigenvalue weighted by molar-refractivity contribution is 0.0601. The second-order valence-electron chi connectivity index (χ2n) is 9.52. The molecule has 0 fully saturated rings. The molecule has 3 heteroatoms. The average Bonchev–Trinajstić information content (AvgIpc) is 3.44. The fourth-order valence-corrected chi connectivity index (χ4v) is 6.53. The van der Waals surface area contributed by atoms with Gasteiger partial charge in [0.1, 0.15) is 5.75 Å². The van der Waals surface area contributed by atoms with Crippen LogP contribution in [0.15, 0.2) is 109 Å². The summed E-state index contributed by atoms with van der Waals surface area (Å²) >= 11 is 0. The average molecular weight is 481 g/mol. The van der Waals surface area contributed by atoms with E-state index < -0.39 is 5.41 Å². The van der Waals surface area contributed by atoms with Crippen molar-refractivity contribution < 1.29 is 14.3 Å². The minimum atomic E-state index is -0.424. The van der Waals surface area contributed by atoms with Crippen LogP contribution in [0.1, 0.15) is 32.6 Å². The quantitative estimate of drug-likeness (QED) is 0.246. The van der Waals surface area contributed by atoms with Crippen LogP contribution in [0.3, 0.4) is 0 Å². The Morgan fingerprint density at radius 3 is 1.73 bits per heavy atom. The van der Waals surface area contributed by atoms with Gasteiger partial charge < -0.3 is 9.47 Å². The van der Waals surface area contributed by atoms with Crippen molar-refractivity contribution in [2.24, 2.45) is 0 Å². The largest absolute Gasteiger partial charge is 0.497 e. The van der Waals surface area contributed by atoms with E-state index >= 15 is 0 Å². The van der Waals surface area contributed by atoms with Gasteiger partial charge in [0.2, 0.25) is 0 Å². The first-order valence-corrected chi connectivity index (χ1v) is 12.4. The molecular weight excluding hydrogens is 456 g/mol. The smallest absolute Gasteiger partial charge is 0.338 e. The van der Waals surface area contributed by atoms with Gasteiger partial charge in [0, 0.05) is 0 Å². The van der Waals surface area contributed by atoms with Gasteiger partial charge in [-0.2, -0.15) is 0 Å². The number of hydrogen-bond donors (Lipinski definition) is 0. The molecule has 2 aliphatic rings. The molecule has 3 nitrogen and oxygen atoms in total. The van der Waals surface area contributed by atoms with Crippen molar-refractivity contribution in [3.63, 3.8) is 0 Å². The fourth-order valence-electron chi connectivity index (χ4n) is 6.53. The van der Waals surface area contributed by atoms with Gasteiger partial charge in [0.25, 0.3) is 0 Å². The Labute approximate surface area is 215 Å². The van der Waals surface area contributed by atoms with Crippen LogP contribution in [0.5, 0.6) is 5.75 Å². The van der Waals surface area contributed by atoms with Gasteiger partial charge in [0.05, 0.1) is 25.2 Å². The van der Waals surface area contributed by atoms with Crippen molar-refractivity contribution >= 4 is 5.97 Å². The van der Waals surface area contributed by atoms with Gasteiger partial charge >= 0.3 is 5.97 Å². The maximum atomic E-state index is 12.9. The highest BCUT2D eigenvalue weighted by Crippen LogP contribution is 2.63. The molecule has 7 rings (SSSR count). The Morgan fingerprint density at radius 2 is 1.11 bits per heavy atom. The zero-order valence-electron chi connectivity index (χ0n) is 20.6. The summed E-state index contributed by atoms with van der Waals surface area (Å²) < 4.78 is 10.6. The van der Waals surface area contributed by atoms with E-state index in [1.54, 1.807) is 13.2 Å². The number of benzene rings is 5. The Hall–Kier alpha value is -4.63. The molecule has 1 spiro atoms. The number of rotatable bonds is 3. The van der Waals surface area contributed by atoms with E-state index in [9.17, 15) is 4.79 Å². The second kappa shape index (κ2) is 7.94. The van der Waals surface area contributed by atoms with E-state index in [0.29, 0.717) is 11.3 Å². The minimum Gasteiger partial charge on any atom is -0.497 e. The van der Waals surface area contributed by atoms with Crippen LogP contribution in [0, 0.1) is 0 Å². The molecule has 0 saturated carbocycles. The lowest BCUT2D eigenvalue weighted by atomic mass is 9.70. The molecular formula is C34H24O3. The van der Waals surface area contributed by atoms with Crippen molar-refractivity contribution in [1.82, 2.24) is 0 Å². The Balaban J connectivity index is 1.61. The van der Waals surface area contributed by atoms with Crippen molar-refractivity contribution in [2.45, 2.75) is 5.41 Å². The number of carbonyl (C=O) groups excluding carboxylic acids is 1. The third-order valence-electron chi connectivity index (χ3n) is 7.94. The number of hydrogen-bond acceptors (Lipinski definition) is 3. The lowest BCUT2D eigenvalue weighted by Crippen LogP contribution is -2.25. The van der Waals surface area contributed by atoms with E-state index in [1.807, 2.05) is 12.1 Å². The van der Waals surface area contributed by atoms with Crippen LogP contribution in [-0.2, 0) is 10.2 Å². The molecule has 37 heavy (non-hydrogen) atoms. The molecule has 0 saturated heterocycles. The molecule has 0 N–H and O–H groups in total. The summed E-state index contributed by atoms with van der Waals surface area (Å²) in [7, 11) is 3.02. The van der Waals surface area contributed by atoms with Crippen molar-refractivity contribution in [3.05, 3.63) is 137 Å². The monoisotopic (exact) mass is 480 g/mol. The van der Waals surface area contributed by atoms with Crippen molar-refractivity contribution in [3.8, 4) is 39.1 Å². The number of methoxy groups -OCH3 is 2. The van der Waals surface area contributed by atoms with Crippen molar-refractivity contribution in [1.29, 1.82) is 0 Å². The molecule has 0 heterocycles. The highest BCUT2D eigenvalue weighted by atomic mass is 16.5. The summed E-state index contributed by atoms with van der Waals surface area (Å²) in [5.74, 6) is 0.233. The van der Waals surface area contributed by atoms with Crippen LogP contribution in [0.4, 0.5) is 0 Å². The van der Waals surface area contributed by atoms with Gasteiger partial charge in [-0.3, -0.25) is 0 Å². The third-order valence-corrected chi connectivity index (χ3v) is 7.94. The molecule has 0 bridgehead atoms. The predicted molar refractivity (Wildman–Crippen MR) is 146 cm³/mol. The van der Waals surface area contributed by atoms with E-state index in [4.69, 9.17) is 9.47 Å². The second-order valence-corrected chi connectivity index (χ2v) is 9.52. The summed E-state index contributed by atoms with van der Waals surface area (Å²) in [6, 6.07) is 38.3. The molecule has 0 aliphatic heterocycles. The summed E-state index contributed by atoms with van der Waals surface area (Å²) in [5, 5.41) is 0. The molecule has 0 unspecified atom stereocenters. The summed E-state index contributed by atoms with van der Waals surface area (Å²) in [6.07, 6.45) is 0. The molecule has 2 aliphatic carbocycles. The highest BCUT2D eigenvalue weighted by molar-refractivity contribution is 6.04. The van der Waals surface area contributed by atoms with Gasteiger partial charge in [-0.15, -0.1) is 0 Å². The Morgan fingerprint density at radius 1 is 0.568 bits per heavy atom. The standard InChI is InChI=1S/C34H24O3/c1-36-21-18-19-22(27(20-21)33(35)37-2)25-13-9-17-31-32(25)26-12-5-8-16-30(26)34(31)28-14-6-3-10-23(28)24-11-4-7-15-29(24)34/h3-20H,1-2H3. The zero-order valence-corrected chi connectivity index (χ0v) is 20.6. The van der Waals surface area contributed by atoms with E-state index in [1.165, 1.54) is 46.1 Å². The first kappa shape index (κ1) is 21.6. The van der Waals surface area contributed by atoms with Crippen LogP contribution in [0.2, 0.25) is 0 Å². The predicted octanol–water partition coefficient (Wildman–Crippen LogP) is 7.49. The number of carbonyl (C=O) groups is 1. The lowest BCUT2D eigenvalue weighted by Gasteiger charge is -2.30. The topological polar surface area (TPSA) is 35.5 Å². The SMILES string of the molecule is COC(=O)c1cc(OC)ccc1-c1cccc2c1-c1ccccc1C21c2ccccc2-c2ccccc21. The van der Waals surface area contributed by atoms with Gasteiger partial charge in [-0.25, -0.2) is 4.79 Å². The van der Waals surface area contributed by atoms with Crippen LogP contribution in [0.25, 0.3) is 33.4 Å². The number of esters is 1. The van der Waals surface area contributed by atoms with Crippen LogP contribution in [-0.4, -0.2) is 20.2 Å². The van der Waals surface area contributed by atoms with Gasteiger partial charge in [0.15, 0.2) is 0 Å². The van der Waals surface area contributed by atoms with E-state index in [0.717, 1.165) is 16.7 Å². The maximum absolute atomic E-state index is 12.9. The molecule has 5 aromatic carbocycles. The summed E-state index contributed by atoms with van der Waals surface area (Å²) in [6.45, 7) is 0. The summed E-state index contributed by atoms with van der Waals surface area (Å²) in [4.78, 5) is 12.9. The van der Waals surface area contributed by atoms with Crippen LogP contribution >= 0.6 is 0 Å². The van der Waals surface area contributed by atoms with Gasteiger partial charge in [-0.1, -0.05) is 91.0 Å². The molecule has 0 aromatic heterocycles. The minimum absolute atomic E-state index is 0.385. The molecule has 178 valence electrons. The summed E-state index contributed by atoms with van der Waals surface area (Å²) in [5.41, 5.74) is 11.9. The first-order valence-electron chi connectivity index (χ1n) is 12.4. The molecule has 0 atom stereocenters. The van der Waals surface area contributed by atoms with E-state index in [2.05, 4.69) is 91.0 Å². The maximum Gasteiger partial charge on any atom is 0.338 e. The third kappa shape index (κ3) is 2.74. The van der Waals surface area contributed by atoms with Gasteiger partial charge in [-0.05, 0) is 73.8 Å². The van der Waals surface area contributed by atoms with Crippen LogP contribution < -0.4 is 4.74 Å². The van der Waals surface area contributed by atoms with Crippen molar-refractivity contribution in [2.75, 3.05) is 14.2 Å². The number of fused-ring (bicyclic) bond motifs is 10. The Bertz CT molecular complexity index is 1680.